The molecule has 3 aromatic rings. The van der Waals surface area contributed by atoms with Crippen LogP contribution in [0.25, 0.3) is 22.2 Å². The Morgan fingerprint density at radius 2 is 1.73 bits per heavy atom. The van der Waals surface area contributed by atoms with Gasteiger partial charge in [-0.05, 0) is 92.4 Å². The molecule has 2 saturated heterocycles. The number of likely N-dealkylation sites (tertiary alicyclic amines) is 1. The molecule has 0 radical (unpaired) electrons. The molecule has 2 amide bonds. The van der Waals surface area contributed by atoms with E-state index in [1.165, 1.54) is 30.4 Å². The first-order valence-corrected chi connectivity index (χ1v) is 19.6. The molecule has 2 saturated carbocycles. The fraction of sp³-hybridized carbons (Fsp3) is 0.579. The van der Waals surface area contributed by atoms with Gasteiger partial charge in [-0.3, -0.25) is 9.59 Å². The molecule has 4 atom stereocenters. The maximum Gasteiger partial charge on any atom is 0.264 e. The number of aromatic nitrogens is 1. The number of piperazine rings is 1. The Morgan fingerprint density at radius 3 is 2.42 bits per heavy atom. The smallest absolute Gasteiger partial charge is 0.264 e. The van der Waals surface area contributed by atoms with Gasteiger partial charge in [-0.2, -0.15) is 0 Å². The molecule has 5 aliphatic rings. The number of hydrogen-bond donors (Lipinski definition) is 1. The van der Waals surface area contributed by atoms with Crippen LogP contribution in [-0.4, -0.2) is 79.7 Å². The van der Waals surface area contributed by atoms with Crippen LogP contribution in [-0.2, 0) is 21.4 Å². The maximum absolute atomic E-state index is 15.0. The summed E-state index contributed by atoms with van der Waals surface area (Å²) in [6, 6.07) is 12.5. The zero-order chi connectivity index (χ0) is 33.5. The zero-order valence-electron chi connectivity index (χ0n) is 28.6. The number of rotatable bonds is 7. The average molecular weight is 673 g/mol. The monoisotopic (exact) mass is 672 g/mol. The quantitative estimate of drug-likeness (QED) is 0.337. The van der Waals surface area contributed by atoms with Crippen molar-refractivity contribution in [2.24, 2.45) is 11.3 Å². The van der Waals surface area contributed by atoms with Gasteiger partial charge >= 0.3 is 0 Å². The van der Waals surface area contributed by atoms with Crippen molar-refractivity contribution in [1.29, 1.82) is 0 Å². The Balaban J connectivity index is 1.30. The minimum absolute atomic E-state index is 0.0796. The van der Waals surface area contributed by atoms with Crippen LogP contribution in [0.2, 0.25) is 0 Å². The Kier molecular flexibility index (Phi) is 7.71. The van der Waals surface area contributed by atoms with E-state index in [1.807, 2.05) is 32.0 Å². The molecule has 8 rings (SSSR count). The SMILES string of the molecule is COc1ccc2c(c1)[C@@H]1C[C@@]1(C(=O)N1C3CCC1CN(C)C3)Cn1c-2c(C2CCCCC2)c2ccc(C(=O)NS(=O)(=O)CC(C)C)cc21. The predicted octanol–water partition coefficient (Wildman–Crippen LogP) is 5.87. The van der Waals surface area contributed by atoms with E-state index in [4.69, 9.17) is 4.74 Å². The van der Waals surface area contributed by atoms with Crippen molar-refractivity contribution >= 4 is 32.7 Å². The Hall–Kier alpha value is -3.37. The number of benzene rings is 2. The third-order valence-corrected chi connectivity index (χ3v) is 13.5. The number of nitrogens with one attached hydrogen (secondary N) is 1. The van der Waals surface area contributed by atoms with E-state index in [2.05, 4.69) is 38.3 Å². The summed E-state index contributed by atoms with van der Waals surface area (Å²) >= 11 is 0. The molecule has 2 aliphatic carbocycles. The van der Waals surface area contributed by atoms with Crippen molar-refractivity contribution in [3.63, 3.8) is 0 Å². The molecule has 2 unspecified atom stereocenters. The Bertz CT molecular complexity index is 1900. The number of methoxy groups -OCH3 is 1. The largest absolute Gasteiger partial charge is 0.497 e. The second-order valence-corrected chi connectivity index (χ2v) is 17.5. The van der Waals surface area contributed by atoms with Crippen LogP contribution in [0.15, 0.2) is 36.4 Å². The summed E-state index contributed by atoms with van der Waals surface area (Å²) in [6.45, 7) is 6.00. The number of likely N-dealkylation sites (N-methyl/N-ethyl adjacent to an activating group) is 1. The van der Waals surface area contributed by atoms with Crippen molar-refractivity contribution in [3.05, 3.63) is 53.1 Å². The van der Waals surface area contributed by atoms with E-state index in [0.717, 1.165) is 73.1 Å². The maximum atomic E-state index is 15.0. The van der Waals surface area contributed by atoms with E-state index >= 15 is 4.79 Å². The minimum Gasteiger partial charge on any atom is -0.497 e. The number of carbonyl (C=O) groups excluding carboxylic acids is 2. The molecule has 9 nitrogen and oxygen atoms in total. The fourth-order valence-electron chi connectivity index (χ4n) is 9.81. The van der Waals surface area contributed by atoms with Gasteiger partial charge in [-0.1, -0.05) is 39.2 Å². The van der Waals surface area contributed by atoms with Crippen molar-refractivity contribution in [2.75, 3.05) is 33.0 Å². The molecule has 256 valence electrons. The molecule has 0 spiro atoms. The summed E-state index contributed by atoms with van der Waals surface area (Å²) in [6.07, 6.45) is 8.68. The van der Waals surface area contributed by atoms with Crippen LogP contribution in [0.4, 0.5) is 0 Å². The van der Waals surface area contributed by atoms with E-state index in [0.29, 0.717) is 18.0 Å². The normalized spacial score (nSPS) is 26.9. The summed E-state index contributed by atoms with van der Waals surface area (Å²) in [5, 5.41) is 1.10. The summed E-state index contributed by atoms with van der Waals surface area (Å²) in [5.41, 5.74) is 5.42. The molecule has 4 heterocycles. The third-order valence-electron chi connectivity index (χ3n) is 11.9. The molecular formula is C38H48N4O5S. The van der Waals surface area contributed by atoms with Gasteiger partial charge in [0.2, 0.25) is 15.9 Å². The zero-order valence-corrected chi connectivity index (χ0v) is 29.4. The van der Waals surface area contributed by atoms with Gasteiger partial charge in [0.1, 0.15) is 5.75 Å². The number of nitrogens with zero attached hydrogens (tertiary/aromatic N) is 3. The van der Waals surface area contributed by atoms with Crippen LogP contribution >= 0.6 is 0 Å². The molecule has 2 aromatic carbocycles. The van der Waals surface area contributed by atoms with Gasteiger partial charge in [0.15, 0.2) is 0 Å². The van der Waals surface area contributed by atoms with Gasteiger partial charge in [-0.25, -0.2) is 13.1 Å². The molecular weight excluding hydrogens is 625 g/mol. The van der Waals surface area contributed by atoms with Crippen LogP contribution in [0, 0.1) is 11.3 Å². The van der Waals surface area contributed by atoms with Gasteiger partial charge in [0, 0.05) is 59.7 Å². The predicted molar refractivity (Wildman–Crippen MR) is 187 cm³/mol. The van der Waals surface area contributed by atoms with E-state index < -0.39 is 21.3 Å². The van der Waals surface area contributed by atoms with Gasteiger partial charge < -0.3 is 19.1 Å². The first kappa shape index (κ1) is 31.9. The lowest BCUT2D eigenvalue weighted by molar-refractivity contribution is -0.143. The fourth-order valence-corrected chi connectivity index (χ4v) is 11.2. The molecule has 4 fully saturated rings. The topological polar surface area (TPSA) is 101 Å². The van der Waals surface area contributed by atoms with Crippen molar-refractivity contribution in [3.8, 4) is 17.0 Å². The summed E-state index contributed by atoms with van der Waals surface area (Å²) in [7, 11) is 0.0784. The third kappa shape index (κ3) is 5.16. The molecule has 10 heteroatoms. The molecule has 1 aromatic heterocycles. The number of carbonyl (C=O) groups is 2. The minimum atomic E-state index is -3.78. The van der Waals surface area contributed by atoms with Crippen LogP contribution < -0.4 is 9.46 Å². The second kappa shape index (κ2) is 11.6. The summed E-state index contributed by atoms with van der Waals surface area (Å²) in [4.78, 5) is 33.1. The second-order valence-electron chi connectivity index (χ2n) is 15.7. The first-order valence-electron chi connectivity index (χ1n) is 17.9. The lowest BCUT2D eigenvalue weighted by atomic mass is 9.81. The highest BCUT2D eigenvalue weighted by atomic mass is 32.2. The van der Waals surface area contributed by atoms with E-state index in [9.17, 15) is 13.2 Å². The van der Waals surface area contributed by atoms with Crippen LogP contribution in [0.1, 0.15) is 98.5 Å². The number of sulfonamides is 1. The lowest BCUT2D eigenvalue weighted by Gasteiger charge is -2.41. The van der Waals surface area contributed by atoms with Crippen LogP contribution in [0.3, 0.4) is 0 Å². The van der Waals surface area contributed by atoms with E-state index in [1.54, 1.807) is 13.2 Å². The van der Waals surface area contributed by atoms with Gasteiger partial charge in [0.05, 0.1) is 24.0 Å². The Labute approximate surface area is 284 Å². The van der Waals surface area contributed by atoms with Crippen molar-refractivity contribution < 1.29 is 22.7 Å². The summed E-state index contributed by atoms with van der Waals surface area (Å²) < 4.78 is 35.9. The average Bonchev–Trinajstić information content (AvgIpc) is 3.63. The number of fused-ring (bicyclic) bond motifs is 9. The highest BCUT2D eigenvalue weighted by molar-refractivity contribution is 7.90. The Morgan fingerprint density at radius 1 is 1.00 bits per heavy atom. The highest BCUT2D eigenvalue weighted by Crippen LogP contribution is 2.66. The van der Waals surface area contributed by atoms with Crippen LogP contribution in [0.5, 0.6) is 5.75 Å². The van der Waals surface area contributed by atoms with E-state index in [-0.39, 0.29) is 35.6 Å². The molecule has 1 N–H and O–H groups in total. The highest BCUT2D eigenvalue weighted by Gasteiger charge is 2.65. The molecule has 2 bridgehead atoms. The van der Waals surface area contributed by atoms with Crippen molar-refractivity contribution in [1.82, 2.24) is 19.1 Å². The van der Waals surface area contributed by atoms with Crippen molar-refractivity contribution in [2.45, 2.75) is 95.7 Å². The summed E-state index contributed by atoms with van der Waals surface area (Å²) in [5.74, 6) is 0.677. The molecule has 3 aliphatic heterocycles. The number of ether oxygens (including phenoxy) is 1. The number of amides is 2. The van der Waals surface area contributed by atoms with Gasteiger partial charge in [0.25, 0.3) is 5.91 Å². The molecule has 48 heavy (non-hydrogen) atoms. The lowest BCUT2D eigenvalue weighted by Crippen LogP contribution is -2.57. The first-order chi connectivity index (χ1) is 23.0. The van der Waals surface area contributed by atoms with Gasteiger partial charge in [-0.15, -0.1) is 0 Å². The number of hydrogen-bond acceptors (Lipinski definition) is 6. The standard InChI is InChI=1S/C38H48N4O5S/c1-23(2)21-48(45,46)39-36(43)25-10-14-30-33(16-25)41-22-38(37(44)42-26-11-12-27(42)20-40(3)19-26)18-32(38)31-17-28(47-4)13-15-29(31)35(41)34(30)24-8-6-5-7-9-24/h10,13-17,23-24,26-27,32H,5-9,11-12,18-22H2,1-4H3,(H,39,43)/t26?,27?,32-,38+/m0/s1.